The molecule has 1 saturated carbocycles. The molecule has 1 aliphatic heterocycles. The maximum atomic E-state index is 12.4. The van der Waals surface area contributed by atoms with Crippen LogP contribution in [0.5, 0.6) is 0 Å². The van der Waals surface area contributed by atoms with E-state index in [0.29, 0.717) is 12.6 Å². The fourth-order valence-electron chi connectivity index (χ4n) is 3.81. The molecule has 0 aromatic rings. The highest BCUT2D eigenvalue weighted by atomic mass is 16.6. The molecule has 1 saturated heterocycles. The Morgan fingerprint density at radius 2 is 2.00 bits per heavy atom. The van der Waals surface area contributed by atoms with Gasteiger partial charge in [0.1, 0.15) is 5.60 Å². The lowest BCUT2D eigenvalue weighted by atomic mass is 9.78. The zero-order chi connectivity index (χ0) is 18.7. The maximum absolute atomic E-state index is 12.4. The second-order valence-electron chi connectivity index (χ2n) is 8.21. The van der Waals surface area contributed by atoms with E-state index in [1.807, 2.05) is 0 Å². The molecule has 7 heteroatoms. The smallest absolute Gasteiger partial charge is 0.408 e. The van der Waals surface area contributed by atoms with Gasteiger partial charge in [0.15, 0.2) is 5.78 Å². The molecule has 1 spiro atoms. The Labute approximate surface area is 148 Å². The molecule has 1 heterocycles. The molecular weight excluding hydrogens is 322 g/mol. The van der Waals surface area contributed by atoms with Crippen LogP contribution in [0.25, 0.3) is 0 Å². The number of rotatable bonds is 5. The number of hydrogen-bond acceptors (Lipinski definition) is 5. The van der Waals surface area contributed by atoms with Crippen LogP contribution < -0.4 is 10.6 Å². The van der Waals surface area contributed by atoms with Crippen LogP contribution >= 0.6 is 0 Å². The van der Waals surface area contributed by atoms with E-state index in [0.717, 1.165) is 25.7 Å². The molecule has 2 rings (SSSR count). The summed E-state index contributed by atoms with van der Waals surface area (Å²) < 4.78 is 5.19. The van der Waals surface area contributed by atoms with Crippen molar-refractivity contribution in [3.8, 4) is 0 Å². The summed E-state index contributed by atoms with van der Waals surface area (Å²) in [5.74, 6) is -0.916. The SMILES string of the molecule is CC(C)(C)OC(=O)NC(CC1CC2(CCCCC2)NC1=O)C(=O)C=N. The van der Waals surface area contributed by atoms with Gasteiger partial charge in [-0.2, -0.15) is 0 Å². The van der Waals surface area contributed by atoms with Crippen molar-refractivity contribution in [2.24, 2.45) is 5.92 Å². The number of amides is 2. The first-order chi connectivity index (χ1) is 11.6. The van der Waals surface area contributed by atoms with Gasteiger partial charge < -0.3 is 20.8 Å². The van der Waals surface area contributed by atoms with E-state index in [1.165, 1.54) is 6.42 Å². The Morgan fingerprint density at radius 3 is 2.56 bits per heavy atom. The monoisotopic (exact) mass is 351 g/mol. The number of ether oxygens (including phenoxy) is 1. The standard InChI is InChI=1S/C18H29N3O4/c1-17(2,3)25-16(24)20-13(14(22)11-19)9-12-10-18(21-15(12)23)7-5-4-6-8-18/h11-13,19H,4-10H2,1-3H3,(H,20,24)(H,21,23). The van der Waals surface area contributed by atoms with E-state index in [2.05, 4.69) is 10.6 Å². The molecule has 2 fully saturated rings. The Hall–Kier alpha value is -1.92. The van der Waals surface area contributed by atoms with Crippen molar-refractivity contribution in [2.45, 2.75) is 82.9 Å². The van der Waals surface area contributed by atoms with Gasteiger partial charge in [0.2, 0.25) is 5.91 Å². The number of hydrogen-bond donors (Lipinski definition) is 3. The van der Waals surface area contributed by atoms with Gasteiger partial charge in [-0.15, -0.1) is 0 Å². The van der Waals surface area contributed by atoms with E-state index in [1.54, 1.807) is 20.8 Å². The summed E-state index contributed by atoms with van der Waals surface area (Å²) in [6, 6.07) is -0.915. The topological polar surface area (TPSA) is 108 Å². The number of carbonyl (C=O) groups is 3. The van der Waals surface area contributed by atoms with Gasteiger partial charge in [-0.05, 0) is 46.5 Å². The van der Waals surface area contributed by atoms with Crippen molar-refractivity contribution in [1.29, 1.82) is 5.41 Å². The molecule has 0 aromatic carbocycles. The third kappa shape index (κ3) is 5.28. The van der Waals surface area contributed by atoms with Crippen molar-refractivity contribution >= 4 is 24.0 Å². The number of Topliss-reactive ketones (excluding diaryl/α,β-unsaturated/α-hetero) is 1. The summed E-state index contributed by atoms with van der Waals surface area (Å²) in [6.07, 6.45) is 6.19. The van der Waals surface area contributed by atoms with Crippen LogP contribution in [0.4, 0.5) is 4.79 Å². The Bertz CT molecular complexity index is 547. The highest BCUT2D eigenvalue weighted by Crippen LogP contribution is 2.39. The van der Waals surface area contributed by atoms with Crippen LogP contribution in [0.15, 0.2) is 0 Å². The molecule has 2 aliphatic rings. The lowest BCUT2D eigenvalue weighted by Gasteiger charge is -2.33. The predicted molar refractivity (Wildman–Crippen MR) is 93.6 cm³/mol. The number of nitrogens with one attached hydrogen (secondary N) is 3. The summed E-state index contributed by atoms with van der Waals surface area (Å²) in [4.78, 5) is 36.4. The van der Waals surface area contributed by atoms with E-state index in [-0.39, 0.29) is 23.8 Å². The van der Waals surface area contributed by atoms with Gasteiger partial charge in [-0.3, -0.25) is 9.59 Å². The molecule has 0 radical (unpaired) electrons. The summed E-state index contributed by atoms with van der Waals surface area (Å²) >= 11 is 0. The minimum Gasteiger partial charge on any atom is -0.444 e. The molecule has 0 aromatic heterocycles. The fourth-order valence-corrected chi connectivity index (χ4v) is 3.81. The maximum Gasteiger partial charge on any atom is 0.408 e. The Kier molecular flexibility index (Phi) is 5.85. The normalized spacial score (nSPS) is 23.6. The highest BCUT2D eigenvalue weighted by molar-refractivity contribution is 6.29. The Balaban J connectivity index is 2.01. The zero-order valence-corrected chi connectivity index (χ0v) is 15.3. The molecule has 2 atom stereocenters. The molecule has 7 nitrogen and oxygen atoms in total. The molecule has 3 N–H and O–H groups in total. The number of alkyl carbamates (subject to hydrolysis) is 1. The first-order valence-electron chi connectivity index (χ1n) is 9.00. The lowest BCUT2D eigenvalue weighted by Crippen LogP contribution is -2.45. The van der Waals surface area contributed by atoms with Crippen molar-refractivity contribution < 1.29 is 19.1 Å². The second-order valence-corrected chi connectivity index (χ2v) is 8.21. The van der Waals surface area contributed by atoms with Gasteiger partial charge in [0, 0.05) is 11.5 Å². The molecular formula is C18H29N3O4. The van der Waals surface area contributed by atoms with Gasteiger partial charge in [-0.1, -0.05) is 19.3 Å². The van der Waals surface area contributed by atoms with Crippen LogP contribution in [-0.2, 0) is 14.3 Å². The molecule has 2 unspecified atom stereocenters. The minimum atomic E-state index is -0.915. The van der Waals surface area contributed by atoms with Crippen LogP contribution in [0.3, 0.4) is 0 Å². The highest BCUT2D eigenvalue weighted by Gasteiger charge is 2.45. The first kappa shape index (κ1) is 19.4. The quantitative estimate of drug-likeness (QED) is 0.661. The fraction of sp³-hybridized carbons (Fsp3) is 0.778. The van der Waals surface area contributed by atoms with Crippen molar-refractivity contribution in [3.05, 3.63) is 0 Å². The average Bonchev–Trinajstić information content (AvgIpc) is 2.79. The van der Waals surface area contributed by atoms with Crippen LogP contribution in [0.2, 0.25) is 0 Å². The summed E-state index contributed by atoms with van der Waals surface area (Å²) in [5.41, 5.74) is -0.830. The largest absolute Gasteiger partial charge is 0.444 e. The van der Waals surface area contributed by atoms with Crippen LogP contribution in [0.1, 0.15) is 65.7 Å². The van der Waals surface area contributed by atoms with Gasteiger partial charge in [-0.25, -0.2) is 4.79 Å². The first-order valence-corrected chi connectivity index (χ1v) is 9.00. The molecule has 25 heavy (non-hydrogen) atoms. The predicted octanol–water partition coefficient (Wildman–Crippen LogP) is 2.33. The molecule has 0 bridgehead atoms. The third-order valence-electron chi connectivity index (χ3n) is 4.90. The van der Waals surface area contributed by atoms with Gasteiger partial charge >= 0.3 is 6.09 Å². The lowest BCUT2D eigenvalue weighted by molar-refractivity contribution is -0.123. The minimum absolute atomic E-state index is 0.0596. The average molecular weight is 351 g/mol. The van der Waals surface area contributed by atoms with E-state index >= 15 is 0 Å². The zero-order valence-electron chi connectivity index (χ0n) is 15.3. The van der Waals surface area contributed by atoms with Gasteiger partial charge in [0.05, 0.1) is 12.3 Å². The molecule has 2 amide bonds. The van der Waals surface area contributed by atoms with Crippen LogP contribution in [0, 0.1) is 11.3 Å². The van der Waals surface area contributed by atoms with Crippen molar-refractivity contribution in [2.75, 3.05) is 0 Å². The second kappa shape index (κ2) is 7.54. The molecule has 1 aliphatic carbocycles. The number of carbonyl (C=O) groups excluding carboxylic acids is 3. The van der Waals surface area contributed by atoms with E-state index < -0.39 is 23.5 Å². The van der Waals surface area contributed by atoms with Gasteiger partial charge in [0.25, 0.3) is 0 Å². The Morgan fingerprint density at radius 1 is 1.36 bits per heavy atom. The van der Waals surface area contributed by atoms with E-state index in [4.69, 9.17) is 10.1 Å². The van der Waals surface area contributed by atoms with Crippen molar-refractivity contribution in [3.63, 3.8) is 0 Å². The third-order valence-corrected chi connectivity index (χ3v) is 4.90. The summed E-state index contributed by atoms with van der Waals surface area (Å²) in [6.45, 7) is 5.20. The summed E-state index contributed by atoms with van der Waals surface area (Å²) in [5, 5.41) is 12.9. The summed E-state index contributed by atoms with van der Waals surface area (Å²) in [7, 11) is 0. The number of ketones is 1. The molecule has 140 valence electrons. The van der Waals surface area contributed by atoms with E-state index in [9.17, 15) is 14.4 Å². The van der Waals surface area contributed by atoms with Crippen LogP contribution in [-0.4, -0.2) is 41.2 Å². The van der Waals surface area contributed by atoms with Crippen molar-refractivity contribution in [1.82, 2.24) is 10.6 Å².